The number of fused-ring (bicyclic) bond motifs is 1. The SMILES string of the molecule is COc1ncccc1-c1c[nH]c2nc(NC(=O)C3CC3F)ccc12.[HH].[HH]. The Bertz CT molecular complexity index is 934. The molecule has 0 bridgehead atoms. The van der Waals surface area contributed by atoms with Crippen molar-refractivity contribution in [2.24, 2.45) is 5.92 Å². The van der Waals surface area contributed by atoms with Gasteiger partial charge in [-0.1, -0.05) is 0 Å². The van der Waals surface area contributed by atoms with Gasteiger partial charge < -0.3 is 15.0 Å². The fraction of sp³-hybridized carbons (Fsp3) is 0.235. The van der Waals surface area contributed by atoms with Gasteiger partial charge in [0.15, 0.2) is 0 Å². The lowest BCUT2D eigenvalue weighted by Crippen LogP contribution is -2.15. The predicted molar refractivity (Wildman–Crippen MR) is 91.7 cm³/mol. The first-order valence-corrected chi connectivity index (χ1v) is 7.60. The molecular weight excluding hydrogens is 311 g/mol. The highest BCUT2D eigenvalue weighted by Crippen LogP contribution is 2.35. The number of carbonyl (C=O) groups excluding carboxylic acids is 1. The summed E-state index contributed by atoms with van der Waals surface area (Å²) < 4.78 is 18.2. The van der Waals surface area contributed by atoms with Crippen LogP contribution in [-0.2, 0) is 4.79 Å². The van der Waals surface area contributed by atoms with Crippen LogP contribution in [0.5, 0.6) is 5.88 Å². The highest BCUT2D eigenvalue weighted by atomic mass is 19.1. The number of alkyl halides is 1. The van der Waals surface area contributed by atoms with Gasteiger partial charge in [-0.05, 0) is 30.7 Å². The number of hydrogen-bond donors (Lipinski definition) is 2. The summed E-state index contributed by atoms with van der Waals surface area (Å²) in [6, 6.07) is 7.31. The summed E-state index contributed by atoms with van der Waals surface area (Å²) in [6.45, 7) is 0. The summed E-state index contributed by atoms with van der Waals surface area (Å²) in [6.07, 6.45) is 2.76. The van der Waals surface area contributed by atoms with E-state index in [0.717, 1.165) is 16.5 Å². The summed E-state index contributed by atoms with van der Waals surface area (Å²) in [5.74, 6) is 0.0630. The van der Waals surface area contributed by atoms with E-state index < -0.39 is 12.1 Å². The van der Waals surface area contributed by atoms with Gasteiger partial charge >= 0.3 is 0 Å². The average molecular weight is 330 g/mol. The Labute approximate surface area is 140 Å². The molecule has 2 unspecified atom stereocenters. The lowest BCUT2D eigenvalue weighted by molar-refractivity contribution is -0.117. The second-order valence-corrected chi connectivity index (χ2v) is 5.70. The maximum atomic E-state index is 12.9. The summed E-state index contributed by atoms with van der Waals surface area (Å²) in [4.78, 5) is 23.5. The third-order valence-corrected chi connectivity index (χ3v) is 4.09. The molecule has 24 heavy (non-hydrogen) atoms. The fourth-order valence-electron chi connectivity index (χ4n) is 2.71. The van der Waals surface area contributed by atoms with Crippen LogP contribution in [0.25, 0.3) is 22.2 Å². The number of aromatic nitrogens is 3. The van der Waals surface area contributed by atoms with Crippen LogP contribution in [-0.4, -0.2) is 34.1 Å². The van der Waals surface area contributed by atoms with Crippen molar-refractivity contribution in [2.45, 2.75) is 12.6 Å². The molecule has 0 aromatic carbocycles. The molecule has 3 aromatic rings. The van der Waals surface area contributed by atoms with Gasteiger partial charge in [0, 0.05) is 31.8 Å². The van der Waals surface area contributed by atoms with Crippen molar-refractivity contribution in [3.05, 3.63) is 36.7 Å². The highest BCUT2D eigenvalue weighted by Gasteiger charge is 2.43. The van der Waals surface area contributed by atoms with Gasteiger partial charge in [-0.25, -0.2) is 14.4 Å². The van der Waals surface area contributed by atoms with E-state index in [1.807, 2.05) is 24.4 Å². The topological polar surface area (TPSA) is 79.9 Å². The zero-order chi connectivity index (χ0) is 16.7. The van der Waals surface area contributed by atoms with Crippen LogP contribution in [0, 0.1) is 5.92 Å². The Hall–Kier alpha value is -2.96. The number of aromatic amines is 1. The van der Waals surface area contributed by atoms with E-state index >= 15 is 0 Å². The molecule has 0 spiro atoms. The molecule has 1 fully saturated rings. The first-order valence-electron chi connectivity index (χ1n) is 7.60. The number of rotatable bonds is 4. The number of H-pyrrole nitrogens is 1. The molecule has 1 amide bonds. The number of nitrogens with one attached hydrogen (secondary N) is 2. The minimum atomic E-state index is -1.02. The number of amides is 1. The molecular formula is C17H19FN4O2. The van der Waals surface area contributed by atoms with E-state index in [-0.39, 0.29) is 8.76 Å². The van der Waals surface area contributed by atoms with Gasteiger partial charge in [0.2, 0.25) is 11.8 Å². The van der Waals surface area contributed by atoms with Crippen molar-refractivity contribution in [3.63, 3.8) is 0 Å². The van der Waals surface area contributed by atoms with E-state index in [9.17, 15) is 9.18 Å². The Balaban J connectivity index is 0.00000121. The van der Waals surface area contributed by atoms with Crippen molar-refractivity contribution in [2.75, 3.05) is 12.4 Å². The van der Waals surface area contributed by atoms with Crippen LogP contribution in [0.2, 0.25) is 0 Å². The molecule has 0 saturated heterocycles. The lowest BCUT2D eigenvalue weighted by Gasteiger charge is -2.06. The summed E-state index contributed by atoms with van der Waals surface area (Å²) in [5.41, 5.74) is 2.38. The van der Waals surface area contributed by atoms with Crippen molar-refractivity contribution in [3.8, 4) is 17.0 Å². The van der Waals surface area contributed by atoms with Crippen molar-refractivity contribution in [1.29, 1.82) is 0 Å². The molecule has 2 atom stereocenters. The van der Waals surface area contributed by atoms with Crippen LogP contribution in [0.4, 0.5) is 10.2 Å². The molecule has 0 radical (unpaired) electrons. The first-order chi connectivity index (χ1) is 11.7. The van der Waals surface area contributed by atoms with Crippen LogP contribution in [0.1, 0.15) is 9.27 Å². The number of nitrogens with zero attached hydrogens (tertiary/aromatic N) is 2. The van der Waals surface area contributed by atoms with Gasteiger partial charge in [-0.2, -0.15) is 0 Å². The van der Waals surface area contributed by atoms with Crippen molar-refractivity contribution in [1.82, 2.24) is 15.0 Å². The van der Waals surface area contributed by atoms with E-state index in [4.69, 9.17) is 4.74 Å². The molecule has 1 saturated carbocycles. The molecule has 126 valence electrons. The molecule has 1 aliphatic rings. The quantitative estimate of drug-likeness (QED) is 0.768. The lowest BCUT2D eigenvalue weighted by atomic mass is 10.1. The van der Waals surface area contributed by atoms with Crippen molar-refractivity contribution >= 4 is 22.8 Å². The van der Waals surface area contributed by atoms with Gasteiger partial charge in [0.05, 0.1) is 13.0 Å². The molecule has 2 N–H and O–H groups in total. The number of pyridine rings is 2. The highest BCUT2D eigenvalue weighted by molar-refractivity contribution is 5.98. The Morgan fingerprint density at radius 3 is 3.00 bits per heavy atom. The second-order valence-electron chi connectivity index (χ2n) is 5.70. The predicted octanol–water partition coefficient (Wildman–Crippen LogP) is 3.42. The van der Waals surface area contributed by atoms with Crippen LogP contribution < -0.4 is 10.1 Å². The Morgan fingerprint density at radius 2 is 2.25 bits per heavy atom. The third-order valence-electron chi connectivity index (χ3n) is 4.09. The Kier molecular flexibility index (Phi) is 3.41. The monoisotopic (exact) mass is 330 g/mol. The smallest absolute Gasteiger partial charge is 0.231 e. The van der Waals surface area contributed by atoms with E-state index in [0.29, 0.717) is 23.8 Å². The largest absolute Gasteiger partial charge is 0.481 e. The summed E-state index contributed by atoms with van der Waals surface area (Å²) in [7, 11) is 1.57. The van der Waals surface area contributed by atoms with Gasteiger partial charge in [-0.15, -0.1) is 0 Å². The van der Waals surface area contributed by atoms with Gasteiger partial charge in [0.1, 0.15) is 17.6 Å². The Morgan fingerprint density at radius 1 is 1.42 bits per heavy atom. The minimum Gasteiger partial charge on any atom is -0.481 e. The standard InChI is InChI=1S/C17H15FN4O2.2H2/c1-24-17-10(3-2-6-19-17)12-8-20-15-9(12)4-5-14(21-15)22-16(23)11-7-13(11)18;;/h2-6,8,11,13H,7H2,1H3,(H2,20,21,22,23);2*1H. The number of ether oxygens (including phenoxy) is 1. The van der Waals surface area contributed by atoms with E-state index in [1.165, 1.54) is 0 Å². The molecule has 6 nitrogen and oxygen atoms in total. The zero-order valence-electron chi connectivity index (χ0n) is 12.9. The average Bonchev–Trinajstić information content (AvgIpc) is 3.19. The number of methoxy groups -OCH3 is 1. The minimum absolute atomic E-state index is 0. The third kappa shape index (κ3) is 2.47. The summed E-state index contributed by atoms with van der Waals surface area (Å²) in [5, 5.41) is 3.53. The maximum Gasteiger partial charge on any atom is 0.231 e. The number of hydrogen-bond acceptors (Lipinski definition) is 4. The molecule has 3 aromatic heterocycles. The van der Waals surface area contributed by atoms with E-state index in [2.05, 4.69) is 20.3 Å². The summed E-state index contributed by atoms with van der Waals surface area (Å²) >= 11 is 0. The number of carbonyl (C=O) groups is 1. The van der Waals surface area contributed by atoms with Gasteiger partial charge in [-0.3, -0.25) is 4.79 Å². The number of halogens is 1. The molecule has 3 heterocycles. The maximum absolute atomic E-state index is 12.9. The number of anilines is 1. The first kappa shape index (κ1) is 14.6. The normalized spacial score (nSPS) is 19.2. The molecule has 7 heteroatoms. The van der Waals surface area contributed by atoms with Gasteiger partial charge in [0.25, 0.3) is 0 Å². The van der Waals surface area contributed by atoms with Crippen molar-refractivity contribution < 1.29 is 16.8 Å². The molecule has 0 aliphatic heterocycles. The second kappa shape index (κ2) is 5.59. The molecule has 1 aliphatic carbocycles. The molecule has 4 rings (SSSR count). The van der Waals surface area contributed by atoms with Crippen LogP contribution in [0.15, 0.2) is 36.7 Å². The van der Waals surface area contributed by atoms with Crippen LogP contribution >= 0.6 is 0 Å². The van der Waals surface area contributed by atoms with Crippen LogP contribution in [0.3, 0.4) is 0 Å². The fourth-order valence-corrected chi connectivity index (χ4v) is 2.71. The zero-order valence-corrected chi connectivity index (χ0v) is 12.9. The van der Waals surface area contributed by atoms with E-state index in [1.54, 1.807) is 19.4 Å².